The smallest absolute Gasteiger partial charge is 0.267 e. The van der Waals surface area contributed by atoms with Crippen molar-refractivity contribution in [2.24, 2.45) is 0 Å². The van der Waals surface area contributed by atoms with Crippen LogP contribution in [-0.4, -0.2) is 57.4 Å². The Morgan fingerprint density at radius 1 is 1.29 bits per heavy atom. The third kappa shape index (κ3) is 3.45. The fourth-order valence-corrected chi connectivity index (χ4v) is 4.57. The summed E-state index contributed by atoms with van der Waals surface area (Å²) >= 11 is 6.58. The monoisotopic (exact) mass is 416 g/mol. The number of hydrogen-bond acceptors (Lipinski definition) is 7. The number of nitrogens with zero attached hydrogens (tertiary/aromatic N) is 4. The molecule has 2 fully saturated rings. The molecule has 2 aromatic heterocycles. The number of thiocarbonyl (C=S) groups is 1. The fraction of sp³-hybridized carbons (Fsp3) is 0.368. The highest BCUT2D eigenvalue weighted by molar-refractivity contribution is 8.26. The van der Waals surface area contributed by atoms with Gasteiger partial charge in [0, 0.05) is 25.8 Å². The largest absolute Gasteiger partial charge is 0.378 e. The van der Waals surface area contributed by atoms with Crippen LogP contribution in [0.15, 0.2) is 34.1 Å². The molecule has 2 saturated heterocycles. The Labute approximate surface area is 172 Å². The van der Waals surface area contributed by atoms with Crippen LogP contribution in [0.25, 0.3) is 11.7 Å². The molecule has 0 bridgehead atoms. The van der Waals surface area contributed by atoms with Gasteiger partial charge in [-0.1, -0.05) is 37.0 Å². The Morgan fingerprint density at radius 2 is 2.07 bits per heavy atom. The number of carbonyl (C=O) groups is 1. The third-order valence-electron chi connectivity index (χ3n) is 4.66. The molecule has 0 unspecified atom stereocenters. The number of amides is 1. The minimum absolute atomic E-state index is 0.151. The van der Waals surface area contributed by atoms with Crippen molar-refractivity contribution in [2.75, 3.05) is 37.7 Å². The Kier molecular flexibility index (Phi) is 5.47. The summed E-state index contributed by atoms with van der Waals surface area (Å²) in [5.41, 5.74) is 0.778. The summed E-state index contributed by atoms with van der Waals surface area (Å²) in [4.78, 5) is 34.8. The summed E-state index contributed by atoms with van der Waals surface area (Å²) in [6.07, 6.45) is 4.15. The first-order valence-corrected chi connectivity index (χ1v) is 10.4. The van der Waals surface area contributed by atoms with Crippen LogP contribution in [0.1, 0.15) is 18.9 Å². The van der Waals surface area contributed by atoms with E-state index in [1.807, 2.05) is 17.9 Å². The zero-order valence-electron chi connectivity index (χ0n) is 15.5. The lowest BCUT2D eigenvalue weighted by molar-refractivity contribution is -0.122. The lowest BCUT2D eigenvalue weighted by Gasteiger charge is -2.29. The van der Waals surface area contributed by atoms with Crippen LogP contribution in [0.4, 0.5) is 5.82 Å². The molecule has 2 aliphatic heterocycles. The molecule has 0 aliphatic carbocycles. The first kappa shape index (κ1) is 19.1. The number of thioether (sulfide) groups is 1. The van der Waals surface area contributed by atoms with Crippen LogP contribution in [-0.2, 0) is 9.53 Å². The molecule has 0 saturated carbocycles. The molecule has 0 spiro atoms. The molecule has 0 atom stereocenters. The van der Waals surface area contributed by atoms with E-state index in [4.69, 9.17) is 21.9 Å². The predicted octanol–water partition coefficient (Wildman–Crippen LogP) is 2.14. The summed E-state index contributed by atoms with van der Waals surface area (Å²) in [5.74, 6) is 0.433. The Hall–Kier alpha value is -2.23. The van der Waals surface area contributed by atoms with Crippen molar-refractivity contribution in [3.05, 3.63) is 45.2 Å². The standard InChI is InChI=1S/C19H20N4O3S2/c1-2-6-23-18(25)14(28-19(23)27)12-13-16(21-8-10-26-11-9-21)20-15-5-3-4-7-22(15)17(13)24/h3-5,7,12H,2,6,8-11H2,1H3/b14-12-. The lowest BCUT2D eigenvalue weighted by Crippen LogP contribution is -2.38. The molecule has 4 rings (SSSR count). The highest BCUT2D eigenvalue weighted by Crippen LogP contribution is 2.33. The number of fused-ring (bicyclic) bond motifs is 1. The van der Waals surface area contributed by atoms with Crippen molar-refractivity contribution in [1.82, 2.24) is 14.3 Å². The average Bonchev–Trinajstić information content (AvgIpc) is 2.98. The average molecular weight is 417 g/mol. The lowest BCUT2D eigenvalue weighted by atomic mass is 10.2. The van der Waals surface area contributed by atoms with Crippen molar-refractivity contribution >= 4 is 51.7 Å². The van der Waals surface area contributed by atoms with E-state index >= 15 is 0 Å². The van der Waals surface area contributed by atoms with Gasteiger partial charge in [-0.2, -0.15) is 0 Å². The fourth-order valence-electron chi connectivity index (χ4n) is 3.28. The predicted molar refractivity (Wildman–Crippen MR) is 115 cm³/mol. The van der Waals surface area contributed by atoms with Gasteiger partial charge in [-0.25, -0.2) is 4.98 Å². The number of rotatable bonds is 4. The van der Waals surface area contributed by atoms with Crippen LogP contribution < -0.4 is 10.5 Å². The highest BCUT2D eigenvalue weighted by atomic mass is 32.2. The number of hydrogen-bond donors (Lipinski definition) is 0. The molecule has 0 radical (unpaired) electrons. The number of morpholine rings is 1. The molecular weight excluding hydrogens is 396 g/mol. The van der Waals surface area contributed by atoms with Gasteiger partial charge in [-0.15, -0.1) is 0 Å². The van der Waals surface area contributed by atoms with Gasteiger partial charge in [0.05, 0.1) is 23.7 Å². The third-order valence-corrected chi connectivity index (χ3v) is 6.03. The van der Waals surface area contributed by atoms with E-state index in [1.165, 1.54) is 16.2 Å². The van der Waals surface area contributed by atoms with Gasteiger partial charge in [0.1, 0.15) is 15.8 Å². The number of ether oxygens (including phenoxy) is 1. The van der Waals surface area contributed by atoms with Gasteiger partial charge in [-0.05, 0) is 24.6 Å². The topological polar surface area (TPSA) is 67.2 Å². The molecule has 28 heavy (non-hydrogen) atoms. The van der Waals surface area contributed by atoms with Gasteiger partial charge in [-0.3, -0.25) is 18.9 Å². The zero-order valence-corrected chi connectivity index (χ0v) is 17.1. The van der Waals surface area contributed by atoms with Gasteiger partial charge in [0.25, 0.3) is 11.5 Å². The van der Waals surface area contributed by atoms with Crippen LogP contribution in [0.5, 0.6) is 0 Å². The summed E-state index contributed by atoms with van der Waals surface area (Å²) in [6, 6.07) is 5.44. The van der Waals surface area contributed by atoms with E-state index in [-0.39, 0.29) is 11.5 Å². The molecule has 9 heteroatoms. The van der Waals surface area contributed by atoms with E-state index in [0.29, 0.717) is 59.1 Å². The summed E-state index contributed by atoms with van der Waals surface area (Å²) in [7, 11) is 0. The quantitative estimate of drug-likeness (QED) is 0.559. The van der Waals surface area contributed by atoms with E-state index in [1.54, 1.807) is 29.3 Å². The van der Waals surface area contributed by atoms with Crippen LogP contribution in [0.3, 0.4) is 0 Å². The second kappa shape index (κ2) is 8.02. The second-order valence-corrected chi connectivity index (χ2v) is 8.19. The van der Waals surface area contributed by atoms with Crippen molar-refractivity contribution < 1.29 is 9.53 Å². The molecular formula is C19H20N4O3S2. The van der Waals surface area contributed by atoms with Crippen molar-refractivity contribution in [1.29, 1.82) is 0 Å². The van der Waals surface area contributed by atoms with E-state index < -0.39 is 0 Å². The maximum absolute atomic E-state index is 13.2. The SMILES string of the molecule is CCCN1C(=O)/C(=C/c2c(N3CCOCC3)nc3ccccn3c2=O)SC1=S. The first-order chi connectivity index (χ1) is 13.6. The first-order valence-electron chi connectivity index (χ1n) is 9.19. The second-order valence-electron chi connectivity index (χ2n) is 6.52. The van der Waals surface area contributed by atoms with Gasteiger partial charge in [0.2, 0.25) is 0 Å². The number of anilines is 1. The normalized spacial score (nSPS) is 19.2. The van der Waals surface area contributed by atoms with Crippen LogP contribution >= 0.6 is 24.0 Å². The minimum Gasteiger partial charge on any atom is -0.378 e. The maximum Gasteiger partial charge on any atom is 0.267 e. The molecule has 0 aromatic carbocycles. The van der Waals surface area contributed by atoms with Gasteiger partial charge >= 0.3 is 0 Å². The molecule has 4 heterocycles. The number of pyridine rings is 1. The maximum atomic E-state index is 13.2. The number of aromatic nitrogens is 2. The van der Waals surface area contributed by atoms with Gasteiger partial charge in [0.15, 0.2) is 0 Å². The Bertz CT molecular complexity index is 1030. The minimum atomic E-state index is -0.201. The summed E-state index contributed by atoms with van der Waals surface area (Å²) < 4.78 is 7.46. The Morgan fingerprint density at radius 3 is 2.82 bits per heavy atom. The van der Waals surface area contributed by atoms with E-state index in [9.17, 15) is 9.59 Å². The summed E-state index contributed by atoms with van der Waals surface area (Å²) in [6.45, 7) is 5.02. The molecule has 7 nitrogen and oxygen atoms in total. The van der Waals surface area contributed by atoms with E-state index in [0.717, 1.165) is 6.42 Å². The van der Waals surface area contributed by atoms with Gasteiger partial charge < -0.3 is 9.64 Å². The molecule has 146 valence electrons. The van der Waals surface area contributed by atoms with Crippen molar-refractivity contribution in [3.63, 3.8) is 0 Å². The summed E-state index contributed by atoms with van der Waals surface area (Å²) in [5, 5.41) is 0. The highest BCUT2D eigenvalue weighted by Gasteiger charge is 2.32. The van der Waals surface area contributed by atoms with Crippen molar-refractivity contribution in [2.45, 2.75) is 13.3 Å². The van der Waals surface area contributed by atoms with Crippen LogP contribution in [0.2, 0.25) is 0 Å². The zero-order chi connectivity index (χ0) is 19.7. The van der Waals surface area contributed by atoms with Crippen molar-refractivity contribution in [3.8, 4) is 0 Å². The molecule has 2 aliphatic rings. The molecule has 0 N–H and O–H groups in total. The molecule has 2 aromatic rings. The number of carbonyl (C=O) groups excluding carboxylic acids is 1. The Balaban J connectivity index is 1.85. The molecule has 1 amide bonds. The van der Waals surface area contributed by atoms with Crippen LogP contribution in [0, 0.1) is 0 Å². The van der Waals surface area contributed by atoms with E-state index in [2.05, 4.69) is 0 Å².